The number of hydrogen-bond donors (Lipinski definition) is 1. The van der Waals surface area contributed by atoms with Gasteiger partial charge in [-0.3, -0.25) is 19.9 Å². The molecule has 0 unspecified atom stereocenters. The fraction of sp³-hybridized carbons (Fsp3) is 0. The molecule has 0 aromatic carbocycles. The first-order valence-corrected chi connectivity index (χ1v) is 4.72. The van der Waals surface area contributed by atoms with Gasteiger partial charge in [-0.05, 0) is 29.5 Å². The normalized spacial score (nSPS) is 18.7. The second-order valence-corrected chi connectivity index (χ2v) is 3.65. The van der Waals surface area contributed by atoms with E-state index in [2.05, 4.69) is 10.3 Å². The van der Waals surface area contributed by atoms with Crippen LogP contribution in [0.3, 0.4) is 0 Å². The van der Waals surface area contributed by atoms with E-state index in [0.717, 1.165) is 17.3 Å². The summed E-state index contributed by atoms with van der Waals surface area (Å²) in [7, 11) is 0. The van der Waals surface area contributed by atoms with Crippen molar-refractivity contribution in [1.82, 2.24) is 10.3 Å². The number of carbonyl (C=O) groups excluding carboxylic acids is 2. The van der Waals surface area contributed by atoms with E-state index in [1.54, 1.807) is 24.5 Å². The monoisotopic (exact) mass is 206 g/mol. The van der Waals surface area contributed by atoms with Crippen LogP contribution in [0.25, 0.3) is 6.08 Å². The third-order valence-corrected chi connectivity index (χ3v) is 2.43. The van der Waals surface area contributed by atoms with Crippen LogP contribution in [-0.4, -0.2) is 16.1 Å². The quantitative estimate of drug-likeness (QED) is 0.706. The van der Waals surface area contributed by atoms with Crippen LogP contribution in [0.2, 0.25) is 0 Å². The Morgan fingerprint density at radius 2 is 2.29 bits per heavy atom. The standard InChI is InChI=1S/C9H6N2O2S/c12-8-7(14-9(13)11-8)4-6-2-1-3-10-5-6/h1-5H,(H,11,12,13). The van der Waals surface area contributed by atoms with Gasteiger partial charge in [0.15, 0.2) is 0 Å². The summed E-state index contributed by atoms with van der Waals surface area (Å²) < 4.78 is 0. The minimum Gasteiger partial charge on any atom is -0.282 e. The Morgan fingerprint density at radius 1 is 1.43 bits per heavy atom. The second kappa shape index (κ2) is 3.63. The highest BCUT2D eigenvalue weighted by molar-refractivity contribution is 8.18. The topological polar surface area (TPSA) is 59.1 Å². The lowest BCUT2D eigenvalue weighted by molar-refractivity contribution is -0.115. The van der Waals surface area contributed by atoms with Gasteiger partial charge in [0.2, 0.25) is 0 Å². The van der Waals surface area contributed by atoms with Gasteiger partial charge >= 0.3 is 0 Å². The first-order valence-electron chi connectivity index (χ1n) is 3.90. The number of hydrogen-bond acceptors (Lipinski definition) is 4. The number of thioether (sulfide) groups is 1. The fourth-order valence-corrected chi connectivity index (χ4v) is 1.72. The predicted octanol–water partition coefficient (Wildman–Crippen LogP) is 1.41. The van der Waals surface area contributed by atoms with Crippen LogP contribution < -0.4 is 5.32 Å². The third kappa shape index (κ3) is 1.82. The van der Waals surface area contributed by atoms with Crippen molar-refractivity contribution in [3.8, 4) is 0 Å². The minimum atomic E-state index is -0.344. The molecular weight excluding hydrogens is 200 g/mol. The lowest BCUT2D eigenvalue weighted by Gasteiger charge is -1.92. The Labute approximate surface area is 84.4 Å². The molecule has 0 spiro atoms. The molecule has 1 N–H and O–H groups in total. The molecule has 2 amide bonds. The number of imide groups is 1. The van der Waals surface area contributed by atoms with E-state index in [4.69, 9.17) is 0 Å². The molecule has 5 heteroatoms. The van der Waals surface area contributed by atoms with Crippen LogP contribution >= 0.6 is 11.8 Å². The number of nitrogens with one attached hydrogen (secondary N) is 1. The zero-order chi connectivity index (χ0) is 9.97. The van der Waals surface area contributed by atoms with Crippen molar-refractivity contribution < 1.29 is 9.59 Å². The average molecular weight is 206 g/mol. The number of aromatic nitrogens is 1. The fourth-order valence-electron chi connectivity index (χ4n) is 1.03. The van der Waals surface area contributed by atoms with Crippen LogP contribution in [0.1, 0.15) is 5.56 Å². The molecule has 1 aromatic heterocycles. The van der Waals surface area contributed by atoms with Crippen LogP contribution in [0.4, 0.5) is 4.79 Å². The molecule has 0 bridgehead atoms. The summed E-state index contributed by atoms with van der Waals surface area (Å²) in [4.78, 5) is 26.3. The molecule has 4 nitrogen and oxygen atoms in total. The molecule has 1 aromatic rings. The molecule has 0 atom stereocenters. The van der Waals surface area contributed by atoms with Crippen LogP contribution in [-0.2, 0) is 4.79 Å². The van der Waals surface area contributed by atoms with Gasteiger partial charge < -0.3 is 0 Å². The van der Waals surface area contributed by atoms with Crippen molar-refractivity contribution in [3.05, 3.63) is 35.0 Å². The number of amides is 2. The van der Waals surface area contributed by atoms with Gasteiger partial charge in [-0.25, -0.2) is 0 Å². The Morgan fingerprint density at radius 3 is 2.86 bits per heavy atom. The van der Waals surface area contributed by atoms with Crippen molar-refractivity contribution in [1.29, 1.82) is 0 Å². The molecule has 1 aliphatic rings. The summed E-state index contributed by atoms with van der Waals surface area (Å²) in [6, 6.07) is 3.59. The molecule has 0 radical (unpaired) electrons. The lowest BCUT2D eigenvalue weighted by atomic mass is 10.2. The highest BCUT2D eigenvalue weighted by Gasteiger charge is 2.24. The van der Waals surface area contributed by atoms with Gasteiger partial charge in [0, 0.05) is 12.4 Å². The third-order valence-electron chi connectivity index (χ3n) is 1.62. The number of carbonyl (C=O) groups is 2. The Balaban J connectivity index is 2.28. The largest absolute Gasteiger partial charge is 0.290 e. The number of pyridine rings is 1. The van der Waals surface area contributed by atoms with Crippen molar-refractivity contribution in [2.24, 2.45) is 0 Å². The first-order chi connectivity index (χ1) is 6.75. The van der Waals surface area contributed by atoms with Gasteiger partial charge in [0.1, 0.15) is 0 Å². The second-order valence-electron chi connectivity index (χ2n) is 2.64. The molecule has 2 rings (SSSR count). The maximum atomic E-state index is 11.1. The Bertz CT molecular complexity index is 414. The van der Waals surface area contributed by atoms with Crippen LogP contribution in [0.15, 0.2) is 29.4 Å². The summed E-state index contributed by atoms with van der Waals surface area (Å²) in [6.45, 7) is 0. The Kier molecular flexibility index (Phi) is 2.32. The smallest absolute Gasteiger partial charge is 0.282 e. The Hall–Kier alpha value is -1.62. The average Bonchev–Trinajstić information content (AvgIpc) is 2.47. The zero-order valence-electron chi connectivity index (χ0n) is 7.06. The maximum absolute atomic E-state index is 11.1. The van der Waals surface area contributed by atoms with E-state index in [1.165, 1.54) is 0 Å². The zero-order valence-corrected chi connectivity index (χ0v) is 7.88. The molecule has 14 heavy (non-hydrogen) atoms. The summed E-state index contributed by atoms with van der Waals surface area (Å²) in [5.74, 6) is -0.344. The lowest BCUT2D eigenvalue weighted by Crippen LogP contribution is -2.17. The molecule has 0 aliphatic carbocycles. The van der Waals surface area contributed by atoms with Gasteiger partial charge in [0.25, 0.3) is 11.1 Å². The van der Waals surface area contributed by atoms with Crippen LogP contribution in [0, 0.1) is 0 Å². The predicted molar refractivity (Wildman–Crippen MR) is 53.3 cm³/mol. The molecule has 1 saturated heterocycles. The van der Waals surface area contributed by atoms with Crippen molar-refractivity contribution in [2.45, 2.75) is 0 Å². The minimum absolute atomic E-state index is 0.329. The molecule has 2 heterocycles. The van der Waals surface area contributed by atoms with E-state index in [0.29, 0.717) is 4.91 Å². The van der Waals surface area contributed by atoms with Crippen molar-refractivity contribution in [3.63, 3.8) is 0 Å². The van der Waals surface area contributed by atoms with Crippen molar-refractivity contribution in [2.75, 3.05) is 0 Å². The SMILES string of the molecule is O=C1NC(=O)C(=Cc2cccnc2)S1. The van der Waals surface area contributed by atoms with Crippen LogP contribution in [0.5, 0.6) is 0 Å². The molecule has 70 valence electrons. The first kappa shape index (κ1) is 8.96. The van der Waals surface area contributed by atoms with E-state index < -0.39 is 0 Å². The summed E-state index contributed by atoms with van der Waals surface area (Å²) in [5, 5.41) is 1.85. The molecule has 0 saturated carbocycles. The summed E-state index contributed by atoms with van der Waals surface area (Å²) >= 11 is 0.902. The van der Waals surface area contributed by atoms with Gasteiger partial charge in [-0.2, -0.15) is 0 Å². The van der Waals surface area contributed by atoms with Gasteiger partial charge in [-0.1, -0.05) is 6.07 Å². The van der Waals surface area contributed by atoms with Gasteiger partial charge in [-0.15, -0.1) is 0 Å². The van der Waals surface area contributed by atoms with Crippen molar-refractivity contribution >= 4 is 29.0 Å². The summed E-state index contributed by atoms with van der Waals surface area (Å²) in [6.07, 6.45) is 4.91. The summed E-state index contributed by atoms with van der Waals surface area (Å²) in [5.41, 5.74) is 0.805. The van der Waals surface area contributed by atoms with E-state index in [9.17, 15) is 9.59 Å². The van der Waals surface area contributed by atoms with Gasteiger partial charge in [0.05, 0.1) is 4.91 Å². The van der Waals surface area contributed by atoms with E-state index in [1.807, 2.05) is 6.07 Å². The number of nitrogens with zero attached hydrogens (tertiary/aromatic N) is 1. The number of rotatable bonds is 1. The van der Waals surface area contributed by atoms with E-state index >= 15 is 0 Å². The molecule has 1 aliphatic heterocycles. The van der Waals surface area contributed by atoms with E-state index in [-0.39, 0.29) is 11.1 Å². The maximum Gasteiger partial charge on any atom is 0.290 e. The molecule has 1 fully saturated rings. The highest BCUT2D eigenvalue weighted by Crippen LogP contribution is 2.24. The highest BCUT2D eigenvalue weighted by atomic mass is 32.2. The molecular formula is C9H6N2O2S.